The number of aromatic nitrogens is 2. The SMILES string of the molecule is CNc1cc(C)nc(CN2C(=O)CC(C)(C)C2=O)n1. The van der Waals surface area contributed by atoms with E-state index in [4.69, 9.17) is 0 Å². The lowest BCUT2D eigenvalue weighted by Crippen LogP contribution is -2.33. The summed E-state index contributed by atoms with van der Waals surface area (Å²) in [5.41, 5.74) is 0.180. The van der Waals surface area contributed by atoms with E-state index in [1.807, 2.05) is 6.92 Å². The molecule has 0 aliphatic carbocycles. The van der Waals surface area contributed by atoms with Crippen molar-refractivity contribution in [2.45, 2.75) is 33.7 Å². The van der Waals surface area contributed by atoms with Crippen LogP contribution in [0.15, 0.2) is 6.07 Å². The lowest BCUT2D eigenvalue weighted by Gasteiger charge is -2.17. The van der Waals surface area contributed by atoms with Crippen LogP contribution in [0.4, 0.5) is 5.82 Å². The molecular formula is C13H18N4O2. The largest absolute Gasteiger partial charge is 0.373 e. The van der Waals surface area contributed by atoms with E-state index in [0.717, 1.165) is 5.69 Å². The molecule has 2 heterocycles. The Morgan fingerprint density at radius 2 is 2.05 bits per heavy atom. The van der Waals surface area contributed by atoms with Gasteiger partial charge in [-0.2, -0.15) is 0 Å². The van der Waals surface area contributed by atoms with Crippen molar-refractivity contribution in [1.82, 2.24) is 14.9 Å². The molecule has 1 aromatic rings. The molecule has 0 spiro atoms. The minimum absolute atomic E-state index is 0.136. The van der Waals surface area contributed by atoms with Crippen molar-refractivity contribution >= 4 is 17.6 Å². The van der Waals surface area contributed by atoms with Crippen molar-refractivity contribution in [3.8, 4) is 0 Å². The summed E-state index contributed by atoms with van der Waals surface area (Å²) in [4.78, 5) is 33.8. The predicted molar refractivity (Wildman–Crippen MR) is 70.3 cm³/mol. The summed E-state index contributed by atoms with van der Waals surface area (Å²) in [7, 11) is 1.76. The number of imide groups is 1. The molecule has 19 heavy (non-hydrogen) atoms. The number of hydrogen-bond acceptors (Lipinski definition) is 5. The first-order valence-corrected chi connectivity index (χ1v) is 6.20. The van der Waals surface area contributed by atoms with Gasteiger partial charge in [0.25, 0.3) is 0 Å². The van der Waals surface area contributed by atoms with Gasteiger partial charge in [0, 0.05) is 25.2 Å². The molecule has 0 saturated carbocycles. The number of rotatable bonds is 3. The van der Waals surface area contributed by atoms with Gasteiger partial charge in [0.1, 0.15) is 5.82 Å². The third kappa shape index (κ3) is 2.57. The Hall–Kier alpha value is -1.98. The normalized spacial score (nSPS) is 18.0. The lowest BCUT2D eigenvalue weighted by atomic mass is 9.92. The number of amides is 2. The molecule has 102 valence electrons. The Balaban J connectivity index is 2.24. The standard InChI is InChI=1S/C13H18N4O2/c1-8-5-9(14-4)16-10(15-8)7-17-11(18)6-13(2,3)12(17)19/h5H,6-7H2,1-4H3,(H,14,15,16). The van der Waals surface area contributed by atoms with Crippen LogP contribution in [0.2, 0.25) is 0 Å². The summed E-state index contributed by atoms with van der Waals surface area (Å²) >= 11 is 0. The summed E-state index contributed by atoms with van der Waals surface area (Å²) in [5.74, 6) is 0.837. The van der Waals surface area contributed by atoms with Crippen LogP contribution < -0.4 is 5.32 Å². The lowest BCUT2D eigenvalue weighted by molar-refractivity contribution is -0.141. The van der Waals surface area contributed by atoms with E-state index >= 15 is 0 Å². The van der Waals surface area contributed by atoms with Gasteiger partial charge in [-0.05, 0) is 6.92 Å². The molecule has 0 radical (unpaired) electrons. The number of carbonyl (C=O) groups is 2. The third-order valence-corrected chi connectivity index (χ3v) is 3.17. The van der Waals surface area contributed by atoms with Crippen LogP contribution in [-0.2, 0) is 16.1 Å². The molecule has 0 bridgehead atoms. The van der Waals surface area contributed by atoms with Crippen molar-refractivity contribution in [3.05, 3.63) is 17.6 Å². The summed E-state index contributed by atoms with van der Waals surface area (Å²) < 4.78 is 0. The van der Waals surface area contributed by atoms with Crippen LogP contribution >= 0.6 is 0 Å². The molecule has 2 amide bonds. The molecule has 6 heteroatoms. The van der Waals surface area contributed by atoms with Gasteiger partial charge >= 0.3 is 0 Å². The molecule has 0 aromatic carbocycles. The maximum atomic E-state index is 12.1. The van der Waals surface area contributed by atoms with Crippen LogP contribution in [0.5, 0.6) is 0 Å². The first kappa shape index (κ1) is 13.5. The van der Waals surface area contributed by atoms with E-state index in [1.54, 1.807) is 27.0 Å². The number of aryl methyl sites for hydroxylation is 1. The highest BCUT2D eigenvalue weighted by atomic mass is 16.2. The van der Waals surface area contributed by atoms with Crippen molar-refractivity contribution in [2.24, 2.45) is 5.41 Å². The minimum Gasteiger partial charge on any atom is -0.373 e. The number of likely N-dealkylation sites (tertiary alicyclic amines) is 1. The monoisotopic (exact) mass is 262 g/mol. The van der Waals surface area contributed by atoms with E-state index in [9.17, 15) is 9.59 Å². The second-order valence-electron chi connectivity index (χ2n) is 5.41. The van der Waals surface area contributed by atoms with Crippen molar-refractivity contribution in [3.63, 3.8) is 0 Å². The van der Waals surface area contributed by atoms with Crippen LogP contribution in [0.25, 0.3) is 0 Å². The van der Waals surface area contributed by atoms with Gasteiger partial charge < -0.3 is 5.32 Å². The van der Waals surface area contributed by atoms with E-state index in [0.29, 0.717) is 11.6 Å². The topological polar surface area (TPSA) is 75.2 Å². The number of nitrogens with zero attached hydrogens (tertiary/aromatic N) is 3. The number of nitrogens with one attached hydrogen (secondary N) is 1. The zero-order valence-corrected chi connectivity index (χ0v) is 11.6. The second-order valence-corrected chi connectivity index (χ2v) is 5.41. The summed E-state index contributed by atoms with van der Waals surface area (Å²) in [6.07, 6.45) is 0.247. The van der Waals surface area contributed by atoms with Crippen LogP contribution in [0.3, 0.4) is 0 Å². The van der Waals surface area contributed by atoms with E-state index in [1.165, 1.54) is 4.90 Å². The Morgan fingerprint density at radius 3 is 2.58 bits per heavy atom. The van der Waals surface area contributed by atoms with E-state index in [2.05, 4.69) is 15.3 Å². The quantitative estimate of drug-likeness (QED) is 0.826. The second kappa shape index (κ2) is 4.60. The van der Waals surface area contributed by atoms with Gasteiger partial charge in [-0.3, -0.25) is 14.5 Å². The molecule has 0 unspecified atom stereocenters. The molecule has 6 nitrogen and oxygen atoms in total. The van der Waals surface area contributed by atoms with Gasteiger partial charge in [0.05, 0.1) is 12.0 Å². The molecule has 0 atom stereocenters. The van der Waals surface area contributed by atoms with Crippen LogP contribution in [0, 0.1) is 12.3 Å². The van der Waals surface area contributed by atoms with Gasteiger partial charge in [-0.1, -0.05) is 13.8 Å². The Labute approximate surface area is 112 Å². The predicted octanol–water partition coefficient (Wildman–Crippen LogP) is 1.11. The smallest absolute Gasteiger partial charge is 0.235 e. The van der Waals surface area contributed by atoms with Gasteiger partial charge in [0.2, 0.25) is 11.8 Å². The molecular weight excluding hydrogens is 244 g/mol. The average Bonchev–Trinajstić information content (AvgIpc) is 2.51. The van der Waals surface area contributed by atoms with Crippen LogP contribution in [-0.4, -0.2) is 33.7 Å². The number of hydrogen-bond donors (Lipinski definition) is 1. The zero-order chi connectivity index (χ0) is 14.2. The van der Waals surface area contributed by atoms with Gasteiger partial charge in [0.15, 0.2) is 5.82 Å². The zero-order valence-electron chi connectivity index (χ0n) is 11.6. The first-order chi connectivity index (χ1) is 8.83. The summed E-state index contributed by atoms with van der Waals surface area (Å²) in [5, 5.41) is 2.93. The number of carbonyl (C=O) groups excluding carboxylic acids is 2. The molecule has 1 saturated heterocycles. The van der Waals surface area contributed by atoms with E-state index < -0.39 is 5.41 Å². The minimum atomic E-state index is -0.618. The van der Waals surface area contributed by atoms with Gasteiger partial charge in [-0.25, -0.2) is 9.97 Å². The average molecular weight is 262 g/mol. The van der Waals surface area contributed by atoms with Crippen molar-refractivity contribution < 1.29 is 9.59 Å². The van der Waals surface area contributed by atoms with E-state index in [-0.39, 0.29) is 24.8 Å². The molecule has 1 fully saturated rings. The van der Waals surface area contributed by atoms with Crippen molar-refractivity contribution in [2.75, 3.05) is 12.4 Å². The molecule has 1 aliphatic heterocycles. The molecule has 1 aliphatic rings. The Bertz CT molecular complexity index is 539. The fourth-order valence-electron chi connectivity index (χ4n) is 2.16. The molecule has 1 aromatic heterocycles. The highest BCUT2D eigenvalue weighted by Crippen LogP contribution is 2.32. The maximum Gasteiger partial charge on any atom is 0.235 e. The third-order valence-electron chi connectivity index (χ3n) is 3.17. The summed E-state index contributed by atoms with van der Waals surface area (Å²) in [6, 6.07) is 1.81. The number of anilines is 1. The highest BCUT2D eigenvalue weighted by Gasteiger charge is 2.44. The molecule has 1 N–H and O–H groups in total. The van der Waals surface area contributed by atoms with Crippen LogP contribution in [0.1, 0.15) is 31.8 Å². The maximum absolute atomic E-state index is 12.1. The van der Waals surface area contributed by atoms with Crippen molar-refractivity contribution in [1.29, 1.82) is 0 Å². The fraction of sp³-hybridized carbons (Fsp3) is 0.538. The highest BCUT2D eigenvalue weighted by molar-refractivity contribution is 6.05. The summed E-state index contributed by atoms with van der Waals surface area (Å²) in [6.45, 7) is 5.55. The first-order valence-electron chi connectivity index (χ1n) is 6.20. The Kier molecular flexibility index (Phi) is 3.26. The van der Waals surface area contributed by atoms with Gasteiger partial charge in [-0.15, -0.1) is 0 Å². The fourth-order valence-corrected chi connectivity index (χ4v) is 2.16. The Morgan fingerprint density at radius 1 is 1.37 bits per heavy atom. The molecule has 2 rings (SSSR count).